The van der Waals surface area contributed by atoms with Crippen LogP contribution in [0.3, 0.4) is 0 Å². The van der Waals surface area contributed by atoms with Crippen molar-refractivity contribution in [1.82, 2.24) is 10.6 Å². The monoisotopic (exact) mass is 157 g/mol. The van der Waals surface area contributed by atoms with Crippen LogP contribution < -0.4 is 10.6 Å². The van der Waals surface area contributed by atoms with E-state index >= 15 is 0 Å². The van der Waals surface area contributed by atoms with Crippen LogP contribution in [-0.4, -0.2) is 39.4 Å². The van der Waals surface area contributed by atoms with E-state index in [2.05, 4.69) is 10.6 Å². The molecule has 11 heavy (non-hydrogen) atoms. The predicted octanol–water partition coefficient (Wildman–Crippen LogP) is -0.0108. The molecule has 0 bridgehead atoms. The Bertz CT molecular complexity index is 90.1. The molecule has 1 unspecified atom stereocenters. The Morgan fingerprint density at radius 1 is 1.55 bits per heavy atom. The Morgan fingerprint density at radius 2 is 2.45 bits per heavy atom. The van der Waals surface area contributed by atoms with E-state index in [0.717, 1.165) is 32.7 Å². The van der Waals surface area contributed by atoms with Crippen LogP contribution in [0.25, 0.3) is 0 Å². The summed E-state index contributed by atoms with van der Waals surface area (Å²) in [5.41, 5.74) is 0. The van der Waals surface area contributed by atoms with Crippen molar-refractivity contribution in [2.24, 2.45) is 0 Å². The number of hydrogen-bond acceptors (Lipinski definition) is 2. The van der Waals surface area contributed by atoms with E-state index in [1.165, 1.54) is 6.42 Å². The van der Waals surface area contributed by atoms with Gasteiger partial charge in [0.1, 0.15) is 0 Å². The lowest BCUT2D eigenvalue weighted by atomic mass is 10.1. The Hall–Kier alpha value is -0.120. The molecule has 1 atom stereocenters. The average molecular weight is 157 g/mol. The van der Waals surface area contributed by atoms with Crippen molar-refractivity contribution in [3.05, 3.63) is 0 Å². The summed E-state index contributed by atoms with van der Waals surface area (Å²) in [6.07, 6.45) is 2.29. The van der Waals surface area contributed by atoms with Gasteiger partial charge in [0.15, 0.2) is 0 Å². The van der Waals surface area contributed by atoms with Gasteiger partial charge in [0.2, 0.25) is 0 Å². The van der Waals surface area contributed by atoms with E-state index < -0.39 is 0 Å². The second-order valence-corrected chi connectivity index (χ2v) is 2.89. The molecule has 0 spiro atoms. The van der Waals surface area contributed by atoms with Gasteiger partial charge in [0.25, 0.3) is 0 Å². The van der Waals surface area contributed by atoms with Crippen LogP contribution in [0.4, 0.5) is 0 Å². The van der Waals surface area contributed by atoms with Crippen molar-refractivity contribution in [2.45, 2.75) is 18.9 Å². The van der Waals surface area contributed by atoms with Crippen molar-refractivity contribution >= 4 is 0 Å². The molecule has 1 aliphatic rings. The summed E-state index contributed by atoms with van der Waals surface area (Å²) in [5.74, 6) is 0. The van der Waals surface area contributed by atoms with Gasteiger partial charge in [0, 0.05) is 39.4 Å². The minimum atomic E-state index is 0.626. The van der Waals surface area contributed by atoms with E-state index in [9.17, 15) is 0 Å². The molecule has 0 amide bonds. The molecule has 1 N–H and O–H groups in total. The number of rotatable bonds is 3. The van der Waals surface area contributed by atoms with E-state index in [-0.39, 0.29) is 0 Å². The minimum absolute atomic E-state index is 0.626. The molecule has 0 aliphatic carbocycles. The van der Waals surface area contributed by atoms with Crippen molar-refractivity contribution < 1.29 is 4.74 Å². The van der Waals surface area contributed by atoms with Gasteiger partial charge in [-0.05, 0) is 12.8 Å². The standard InChI is InChI=1S/C8H17N2O/c1-11-7-3-8-2-4-9-5-6-10-8/h8,10H,2-7H2,1H3. The highest BCUT2D eigenvalue weighted by atomic mass is 16.5. The fourth-order valence-electron chi connectivity index (χ4n) is 1.32. The maximum absolute atomic E-state index is 5.01. The molecule has 0 aromatic heterocycles. The first-order chi connectivity index (χ1) is 5.43. The summed E-state index contributed by atoms with van der Waals surface area (Å²) in [7, 11) is 1.75. The number of hydrogen-bond donors (Lipinski definition) is 1. The first-order valence-electron chi connectivity index (χ1n) is 4.29. The summed E-state index contributed by atoms with van der Waals surface area (Å²) >= 11 is 0. The maximum atomic E-state index is 5.01. The van der Waals surface area contributed by atoms with Crippen molar-refractivity contribution in [2.75, 3.05) is 33.4 Å². The molecule has 1 aliphatic heterocycles. The highest BCUT2D eigenvalue weighted by Crippen LogP contribution is 1.99. The zero-order valence-electron chi connectivity index (χ0n) is 7.18. The van der Waals surface area contributed by atoms with E-state index in [1.54, 1.807) is 7.11 Å². The van der Waals surface area contributed by atoms with Crippen LogP contribution in [0.1, 0.15) is 12.8 Å². The van der Waals surface area contributed by atoms with E-state index in [4.69, 9.17) is 4.74 Å². The molecule has 1 radical (unpaired) electrons. The second-order valence-electron chi connectivity index (χ2n) is 2.89. The SMILES string of the molecule is COCCC1CC[N]CCN1. The Labute approximate surface area is 68.5 Å². The van der Waals surface area contributed by atoms with Crippen molar-refractivity contribution in [1.29, 1.82) is 0 Å². The predicted molar refractivity (Wildman–Crippen MR) is 44.8 cm³/mol. The third-order valence-corrected chi connectivity index (χ3v) is 2.01. The molecule has 3 heteroatoms. The maximum Gasteiger partial charge on any atom is 0.0477 e. The van der Waals surface area contributed by atoms with Crippen LogP contribution >= 0.6 is 0 Å². The highest BCUT2D eigenvalue weighted by Gasteiger charge is 2.10. The smallest absolute Gasteiger partial charge is 0.0477 e. The Morgan fingerprint density at radius 3 is 3.27 bits per heavy atom. The van der Waals surface area contributed by atoms with Crippen LogP contribution in [0.5, 0.6) is 0 Å². The molecule has 0 aromatic rings. The van der Waals surface area contributed by atoms with Gasteiger partial charge in [-0.15, -0.1) is 0 Å². The normalized spacial score (nSPS) is 26.5. The summed E-state index contributed by atoms with van der Waals surface area (Å²) in [6.45, 7) is 3.89. The molecular formula is C8H17N2O. The van der Waals surface area contributed by atoms with Crippen molar-refractivity contribution in [3.63, 3.8) is 0 Å². The van der Waals surface area contributed by atoms with Crippen LogP contribution in [0, 0.1) is 0 Å². The number of methoxy groups -OCH3 is 1. The quantitative estimate of drug-likeness (QED) is 0.625. The number of nitrogens with zero attached hydrogens (tertiary/aromatic N) is 1. The summed E-state index contributed by atoms with van der Waals surface area (Å²) in [4.78, 5) is 0. The van der Waals surface area contributed by atoms with Gasteiger partial charge >= 0.3 is 0 Å². The van der Waals surface area contributed by atoms with Gasteiger partial charge < -0.3 is 10.1 Å². The lowest BCUT2D eigenvalue weighted by molar-refractivity contribution is 0.182. The Kier molecular flexibility index (Phi) is 4.50. The molecule has 1 heterocycles. The number of ether oxygens (including phenoxy) is 1. The molecule has 1 fully saturated rings. The lowest BCUT2D eigenvalue weighted by Crippen LogP contribution is -2.30. The van der Waals surface area contributed by atoms with Gasteiger partial charge in [-0.3, -0.25) is 0 Å². The zero-order chi connectivity index (χ0) is 7.94. The molecule has 1 saturated heterocycles. The Balaban J connectivity index is 2.09. The summed E-state index contributed by atoms with van der Waals surface area (Å²) < 4.78 is 5.01. The van der Waals surface area contributed by atoms with Crippen molar-refractivity contribution in [3.8, 4) is 0 Å². The summed E-state index contributed by atoms with van der Waals surface area (Å²) in [5, 5.41) is 7.77. The molecular weight excluding hydrogens is 140 g/mol. The first kappa shape index (κ1) is 8.97. The summed E-state index contributed by atoms with van der Waals surface area (Å²) in [6, 6.07) is 0.626. The molecule has 3 nitrogen and oxygen atoms in total. The van der Waals surface area contributed by atoms with Gasteiger partial charge in [0.05, 0.1) is 0 Å². The molecule has 1 rings (SSSR count). The third kappa shape index (κ3) is 3.70. The lowest BCUT2D eigenvalue weighted by Gasteiger charge is -2.13. The van der Waals surface area contributed by atoms with Gasteiger partial charge in [-0.2, -0.15) is 0 Å². The largest absolute Gasteiger partial charge is 0.385 e. The van der Waals surface area contributed by atoms with Gasteiger partial charge in [-0.25, -0.2) is 5.32 Å². The minimum Gasteiger partial charge on any atom is -0.385 e. The number of nitrogens with one attached hydrogen (secondary N) is 1. The van der Waals surface area contributed by atoms with Crippen LogP contribution in [0.15, 0.2) is 0 Å². The zero-order valence-corrected chi connectivity index (χ0v) is 7.18. The fourth-order valence-corrected chi connectivity index (χ4v) is 1.32. The third-order valence-electron chi connectivity index (χ3n) is 2.01. The second kappa shape index (κ2) is 5.52. The first-order valence-corrected chi connectivity index (χ1v) is 4.29. The average Bonchev–Trinajstić information content (AvgIpc) is 2.28. The molecule has 65 valence electrons. The highest BCUT2D eigenvalue weighted by molar-refractivity contribution is 4.71. The van der Waals surface area contributed by atoms with Gasteiger partial charge in [-0.1, -0.05) is 0 Å². The van der Waals surface area contributed by atoms with E-state index in [0.29, 0.717) is 6.04 Å². The molecule has 0 aromatic carbocycles. The molecule has 0 saturated carbocycles. The van der Waals surface area contributed by atoms with Crippen LogP contribution in [0.2, 0.25) is 0 Å². The van der Waals surface area contributed by atoms with E-state index in [1.807, 2.05) is 0 Å². The van der Waals surface area contributed by atoms with Crippen LogP contribution in [-0.2, 0) is 4.74 Å². The fraction of sp³-hybridized carbons (Fsp3) is 1.00. The topological polar surface area (TPSA) is 35.4 Å².